The molecule has 0 unspecified atom stereocenters. The third kappa shape index (κ3) is 4.09. The lowest BCUT2D eigenvalue weighted by molar-refractivity contribution is 0.599. The fraction of sp³-hybridized carbons (Fsp3) is 0.167. The van der Waals surface area contributed by atoms with Gasteiger partial charge in [0.15, 0.2) is 0 Å². The van der Waals surface area contributed by atoms with Crippen LogP contribution in [0.5, 0.6) is 0 Å². The van der Waals surface area contributed by atoms with Crippen LogP contribution in [0.15, 0.2) is 79.0 Å². The standard InChI is InChI=1S/C24H22N4O2S/c29-31(30)15-3-14-28(31)21-9-7-18(8-10-21)17-26-20-5-1-4-19(16-20)22-11-12-23-24(27-22)6-2-13-25-23/h1-2,4-13,16,26H,3,14-15,17H2. The normalized spacial score (nSPS) is 15.3. The van der Waals surface area contributed by atoms with E-state index in [9.17, 15) is 8.42 Å². The zero-order valence-electron chi connectivity index (χ0n) is 16.9. The van der Waals surface area contributed by atoms with Gasteiger partial charge in [0.1, 0.15) is 0 Å². The van der Waals surface area contributed by atoms with Gasteiger partial charge in [-0.15, -0.1) is 0 Å². The number of fused-ring (bicyclic) bond motifs is 1. The Hall–Kier alpha value is -3.45. The van der Waals surface area contributed by atoms with E-state index in [-0.39, 0.29) is 5.75 Å². The Morgan fingerprint density at radius 2 is 1.81 bits per heavy atom. The third-order valence-electron chi connectivity index (χ3n) is 5.43. The predicted molar refractivity (Wildman–Crippen MR) is 124 cm³/mol. The van der Waals surface area contributed by atoms with E-state index >= 15 is 0 Å². The van der Waals surface area contributed by atoms with E-state index in [1.54, 1.807) is 6.20 Å². The molecule has 0 radical (unpaired) electrons. The first-order valence-corrected chi connectivity index (χ1v) is 11.8. The first-order chi connectivity index (χ1) is 15.1. The second-order valence-electron chi connectivity index (χ2n) is 7.58. The molecular weight excluding hydrogens is 408 g/mol. The Morgan fingerprint density at radius 3 is 2.61 bits per heavy atom. The van der Waals surface area contributed by atoms with Gasteiger partial charge in [0, 0.05) is 30.5 Å². The molecule has 0 aliphatic carbocycles. The summed E-state index contributed by atoms with van der Waals surface area (Å²) in [6, 6.07) is 23.7. The molecule has 31 heavy (non-hydrogen) atoms. The molecule has 4 aromatic rings. The Bertz CT molecular complexity index is 1340. The molecular formula is C24H22N4O2S. The van der Waals surface area contributed by atoms with E-state index in [4.69, 9.17) is 4.98 Å². The van der Waals surface area contributed by atoms with Gasteiger partial charge in [-0.1, -0.05) is 24.3 Å². The van der Waals surface area contributed by atoms with Crippen molar-refractivity contribution in [3.63, 3.8) is 0 Å². The summed E-state index contributed by atoms with van der Waals surface area (Å²) in [6.07, 6.45) is 2.45. The van der Waals surface area contributed by atoms with Crippen LogP contribution in [0.25, 0.3) is 22.3 Å². The summed E-state index contributed by atoms with van der Waals surface area (Å²) in [4.78, 5) is 9.04. The number of rotatable bonds is 5. The van der Waals surface area contributed by atoms with Gasteiger partial charge in [0.05, 0.1) is 28.2 Å². The van der Waals surface area contributed by atoms with Gasteiger partial charge in [-0.05, 0) is 60.5 Å². The second-order valence-corrected chi connectivity index (χ2v) is 9.59. The third-order valence-corrected chi connectivity index (χ3v) is 7.30. The van der Waals surface area contributed by atoms with Gasteiger partial charge < -0.3 is 5.32 Å². The number of sulfonamides is 1. The minimum Gasteiger partial charge on any atom is -0.381 e. The van der Waals surface area contributed by atoms with Crippen molar-refractivity contribution in [3.05, 3.63) is 84.6 Å². The molecule has 1 fully saturated rings. The highest BCUT2D eigenvalue weighted by Gasteiger charge is 2.28. The van der Waals surface area contributed by atoms with Crippen LogP contribution in [0, 0.1) is 0 Å². The van der Waals surface area contributed by atoms with Crippen LogP contribution in [0.4, 0.5) is 11.4 Å². The number of benzene rings is 2. The molecule has 6 nitrogen and oxygen atoms in total. The topological polar surface area (TPSA) is 75.2 Å². The highest BCUT2D eigenvalue weighted by molar-refractivity contribution is 7.93. The SMILES string of the molecule is O=S1(=O)CCCN1c1ccc(CNc2cccc(-c3ccc4ncccc4n3)c2)cc1. The molecule has 1 aliphatic rings. The van der Waals surface area contributed by atoms with Crippen molar-refractivity contribution in [2.45, 2.75) is 13.0 Å². The zero-order chi connectivity index (χ0) is 21.3. The van der Waals surface area contributed by atoms with Gasteiger partial charge in [-0.25, -0.2) is 13.4 Å². The minimum atomic E-state index is -3.15. The van der Waals surface area contributed by atoms with E-state index in [2.05, 4.69) is 16.4 Å². The lowest BCUT2D eigenvalue weighted by atomic mass is 10.1. The number of aromatic nitrogens is 2. The quantitative estimate of drug-likeness (QED) is 0.506. The molecule has 0 atom stereocenters. The van der Waals surface area contributed by atoms with Gasteiger partial charge in [0.2, 0.25) is 10.0 Å². The lowest BCUT2D eigenvalue weighted by Crippen LogP contribution is -2.24. The molecule has 1 N–H and O–H groups in total. The zero-order valence-corrected chi connectivity index (χ0v) is 17.7. The number of pyridine rings is 2. The molecule has 0 amide bonds. The maximum Gasteiger partial charge on any atom is 0.235 e. The van der Waals surface area contributed by atoms with Crippen molar-refractivity contribution in [1.29, 1.82) is 0 Å². The maximum absolute atomic E-state index is 12.1. The Kier molecular flexibility index (Phi) is 5.03. The summed E-state index contributed by atoms with van der Waals surface area (Å²) < 4.78 is 25.7. The molecule has 1 aliphatic heterocycles. The van der Waals surface area contributed by atoms with E-state index < -0.39 is 10.0 Å². The average Bonchev–Trinajstić information content (AvgIpc) is 3.17. The molecule has 156 valence electrons. The predicted octanol–water partition coefficient (Wildman–Crippen LogP) is 4.45. The van der Waals surface area contributed by atoms with E-state index in [0.29, 0.717) is 19.5 Å². The number of nitrogens with zero attached hydrogens (tertiary/aromatic N) is 3. The summed E-state index contributed by atoms with van der Waals surface area (Å²) in [5.74, 6) is 0.231. The maximum atomic E-state index is 12.1. The van der Waals surface area contributed by atoms with E-state index in [1.807, 2.05) is 66.7 Å². The van der Waals surface area contributed by atoms with Crippen molar-refractivity contribution in [2.24, 2.45) is 0 Å². The fourth-order valence-corrected chi connectivity index (χ4v) is 5.38. The van der Waals surface area contributed by atoms with E-state index in [1.165, 1.54) is 4.31 Å². The summed E-state index contributed by atoms with van der Waals surface area (Å²) in [6.45, 7) is 1.21. The number of nitrogens with one attached hydrogen (secondary N) is 1. The van der Waals surface area contributed by atoms with Crippen molar-refractivity contribution in [2.75, 3.05) is 21.9 Å². The largest absolute Gasteiger partial charge is 0.381 e. The molecule has 0 bridgehead atoms. The van der Waals surface area contributed by atoms with Crippen LogP contribution in [-0.4, -0.2) is 30.7 Å². The van der Waals surface area contributed by atoms with Gasteiger partial charge in [0.25, 0.3) is 0 Å². The first kappa shape index (κ1) is 19.5. The minimum absolute atomic E-state index is 0.231. The van der Waals surface area contributed by atoms with Gasteiger partial charge in [-0.3, -0.25) is 9.29 Å². The van der Waals surface area contributed by atoms with Crippen molar-refractivity contribution >= 4 is 32.4 Å². The molecule has 0 spiro atoms. The average molecular weight is 431 g/mol. The van der Waals surface area contributed by atoms with Crippen LogP contribution in [0.2, 0.25) is 0 Å². The smallest absolute Gasteiger partial charge is 0.235 e. The van der Waals surface area contributed by atoms with Crippen molar-refractivity contribution < 1.29 is 8.42 Å². The molecule has 7 heteroatoms. The van der Waals surface area contributed by atoms with E-state index in [0.717, 1.165) is 39.2 Å². The first-order valence-electron chi connectivity index (χ1n) is 10.2. The Morgan fingerprint density at radius 1 is 0.935 bits per heavy atom. The summed E-state index contributed by atoms with van der Waals surface area (Å²) in [5.41, 5.74) is 6.51. The highest BCUT2D eigenvalue weighted by Crippen LogP contribution is 2.25. The lowest BCUT2D eigenvalue weighted by Gasteiger charge is -2.17. The number of hydrogen-bond donors (Lipinski definition) is 1. The Labute approximate surface area is 181 Å². The number of anilines is 2. The Balaban J connectivity index is 1.30. The molecule has 5 rings (SSSR count). The summed E-state index contributed by atoms with van der Waals surface area (Å²) >= 11 is 0. The van der Waals surface area contributed by atoms with Crippen LogP contribution in [0.1, 0.15) is 12.0 Å². The van der Waals surface area contributed by atoms with Gasteiger partial charge >= 0.3 is 0 Å². The van der Waals surface area contributed by atoms with Gasteiger partial charge in [-0.2, -0.15) is 0 Å². The second kappa shape index (κ2) is 8.00. The van der Waals surface area contributed by atoms with Crippen LogP contribution in [0.3, 0.4) is 0 Å². The number of hydrogen-bond acceptors (Lipinski definition) is 5. The van der Waals surface area contributed by atoms with Crippen molar-refractivity contribution in [3.8, 4) is 11.3 Å². The summed E-state index contributed by atoms with van der Waals surface area (Å²) in [7, 11) is -3.15. The molecule has 2 aromatic carbocycles. The highest BCUT2D eigenvalue weighted by atomic mass is 32.2. The van der Waals surface area contributed by atoms with Crippen LogP contribution in [-0.2, 0) is 16.6 Å². The van der Waals surface area contributed by atoms with Crippen LogP contribution < -0.4 is 9.62 Å². The fourth-order valence-electron chi connectivity index (χ4n) is 3.82. The molecule has 1 saturated heterocycles. The van der Waals surface area contributed by atoms with Crippen LogP contribution >= 0.6 is 0 Å². The summed E-state index contributed by atoms with van der Waals surface area (Å²) in [5, 5.41) is 3.44. The molecule has 0 saturated carbocycles. The monoisotopic (exact) mass is 430 g/mol. The van der Waals surface area contributed by atoms with Crippen molar-refractivity contribution in [1.82, 2.24) is 9.97 Å². The molecule has 2 aromatic heterocycles. The molecule has 3 heterocycles.